The molecule has 4 heterocycles. The highest BCUT2D eigenvalue weighted by atomic mass is 16.5. The number of amides is 2. The maximum absolute atomic E-state index is 13.1. The summed E-state index contributed by atoms with van der Waals surface area (Å²) in [5, 5.41) is 9.93. The van der Waals surface area contributed by atoms with Gasteiger partial charge in [0.1, 0.15) is 11.6 Å². The summed E-state index contributed by atoms with van der Waals surface area (Å²) in [4.78, 5) is 35.8. The Morgan fingerprint density at radius 1 is 1.27 bits per heavy atom. The number of carbonyl (C=O) groups excluding carboxylic acids is 2. The van der Waals surface area contributed by atoms with Gasteiger partial charge in [-0.2, -0.15) is 5.10 Å². The largest absolute Gasteiger partial charge is 0.495 e. The number of likely N-dealkylation sites (tertiary alicyclic amines) is 1. The molecule has 0 unspecified atom stereocenters. The second-order valence-corrected chi connectivity index (χ2v) is 7.48. The van der Waals surface area contributed by atoms with Crippen molar-refractivity contribution >= 4 is 34.2 Å². The third-order valence-corrected chi connectivity index (χ3v) is 5.39. The van der Waals surface area contributed by atoms with Gasteiger partial charge in [0.15, 0.2) is 0 Å². The van der Waals surface area contributed by atoms with Crippen LogP contribution < -0.4 is 15.8 Å². The summed E-state index contributed by atoms with van der Waals surface area (Å²) in [6, 6.07) is 1.60. The third kappa shape index (κ3) is 3.63. The van der Waals surface area contributed by atoms with Gasteiger partial charge in [-0.05, 0) is 30.4 Å². The maximum atomic E-state index is 13.1. The van der Waals surface area contributed by atoms with Crippen molar-refractivity contribution in [3.05, 3.63) is 36.4 Å². The molecule has 0 aromatic carbocycles. The lowest BCUT2D eigenvalue weighted by atomic mass is 9.90. The number of ether oxygens (including phenoxy) is 1. The Balaban J connectivity index is 1.59. The minimum absolute atomic E-state index is 0.251. The van der Waals surface area contributed by atoms with Gasteiger partial charge in [-0.1, -0.05) is 6.92 Å². The Kier molecular flexibility index (Phi) is 5.21. The van der Waals surface area contributed by atoms with Gasteiger partial charge in [-0.3, -0.25) is 19.7 Å². The first-order chi connectivity index (χ1) is 14.5. The molecule has 3 aromatic heterocycles. The molecule has 4 rings (SSSR count). The fourth-order valence-corrected chi connectivity index (χ4v) is 3.81. The number of anilines is 2. The molecule has 0 bridgehead atoms. The number of hydrogen-bond acceptors (Lipinski definition) is 7. The number of carbonyl (C=O) groups is 2. The van der Waals surface area contributed by atoms with Gasteiger partial charge in [0.25, 0.3) is 0 Å². The van der Waals surface area contributed by atoms with Gasteiger partial charge in [0.05, 0.1) is 48.3 Å². The molecule has 30 heavy (non-hydrogen) atoms. The van der Waals surface area contributed by atoms with Crippen molar-refractivity contribution in [1.29, 1.82) is 0 Å². The zero-order valence-electron chi connectivity index (χ0n) is 16.8. The number of nitrogen functional groups attached to an aromatic ring is 1. The van der Waals surface area contributed by atoms with E-state index in [1.807, 2.05) is 6.07 Å². The Morgan fingerprint density at radius 3 is 2.90 bits per heavy atom. The van der Waals surface area contributed by atoms with Crippen LogP contribution in [0.3, 0.4) is 0 Å². The fraction of sp³-hybridized carbons (Fsp3) is 0.350. The lowest BCUT2D eigenvalue weighted by Crippen LogP contribution is -2.46. The zero-order valence-corrected chi connectivity index (χ0v) is 16.8. The molecular weight excluding hydrogens is 386 g/mol. The number of fused-ring (bicyclic) bond motifs is 1. The molecule has 4 N–H and O–H groups in total. The molecule has 2 amide bonds. The number of pyridine rings is 2. The summed E-state index contributed by atoms with van der Waals surface area (Å²) in [6.45, 7) is 2.55. The van der Waals surface area contributed by atoms with Crippen LogP contribution in [-0.4, -0.2) is 50.5 Å². The van der Waals surface area contributed by atoms with E-state index in [0.29, 0.717) is 34.7 Å². The van der Waals surface area contributed by atoms with E-state index >= 15 is 0 Å². The highest BCUT2D eigenvalue weighted by Gasteiger charge is 2.34. The van der Waals surface area contributed by atoms with Gasteiger partial charge in [-0.25, -0.2) is 4.98 Å². The van der Waals surface area contributed by atoms with E-state index in [1.165, 1.54) is 12.4 Å². The van der Waals surface area contributed by atoms with Crippen molar-refractivity contribution in [2.24, 2.45) is 5.92 Å². The number of aromatic nitrogens is 4. The van der Waals surface area contributed by atoms with Crippen molar-refractivity contribution in [3.63, 3.8) is 0 Å². The molecule has 1 aliphatic heterocycles. The summed E-state index contributed by atoms with van der Waals surface area (Å²) in [6.07, 6.45) is 7.93. The minimum Gasteiger partial charge on any atom is -0.495 e. The Bertz CT molecular complexity index is 1100. The predicted octanol–water partition coefficient (Wildman–Crippen LogP) is 1.88. The molecule has 1 saturated heterocycles. The van der Waals surface area contributed by atoms with Crippen LogP contribution in [0.2, 0.25) is 0 Å². The van der Waals surface area contributed by atoms with Crippen LogP contribution in [-0.2, 0) is 9.59 Å². The normalized spacial score (nSPS) is 18.9. The van der Waals surface area contributed by atoms with Gasteiger partial charge in [0.2, 0.25) is 0 Å². The van der Waals surface area contributed by atoms with Gasteiger partial charge in [0, 0.05) is 12.7 Å². The topological polar surface area (TPSA) is 139 Å². The van der Waals surface area contributed by atoms with E-state index in [9.17, 15) is 9.59 Å². The predicted molar refractivity (Wildman–Crippen MR) is 111 cm³/mol. The lowest BCUT2D eigenvalue weighted by molar-refractivity contribution is -0.146. The molecule has 1 aliphatic rings. The summed E-state index contributed by atoms with van der Waals surface area (Å²) in [7, 11) is 1.57. The molecule has 0 spiro atoms. The lowest BCUT2D eigenvalue weighted by Gasteiger charge is -2.38. The number of methoxy groups -OCH3 is 1. The summed E-state index contributed by atoms with van der Waals surface area (Å²) in [5.74, 6) is -0.170. The van der Waals surface area contributed by atoms with E-state index < -0.39 is 11.8 Å². The molecule has 156 valence electrons. The SMILES string of the molecule is COc1cncc([C@H]2CC[C@H](C)CN2C(=O)C(=O)Nc2cnc(N)c3cn[nH]c23)c1. The van der Waals surface area contributed by atoms with Crippen LogP contribution in [0, 0.1) is 5.92 Å². The molecule has 0 aliphatic carbocycles. The van der Waals surface area contributed by atoms with Gasteiger partial charge in [-0.15, -0.1) is 0 Å². The Labute approximate surface area is 172 Å². The highest BCUT2D eigenvalue weighted by molar-refractivity contribution is 6.40. The third-order valence-electron chi connectivity index (χ3n) is 5.39. The minimum atomic E-state index is -0.743. The van der Waals surface area contributed by atoms with Crippen LogP contribution in [0.15, 0.2) is 30.9 Å². The average Bonchev–Trinajstić information content (AvgIpc) is 3.26. The molecule has 2 atom stereocenters. The fourth-order valence-electron chi connectivity index (χ4n) is 3.81. The number of aromatic amines is 1. The molecule has 10 nitrogen and oxygen atoms in total. The van der Waals surface area contributed by atoms with Crippen molar-refractivity contribution < 1.29 is 14.3 Å². The first-order valence-electron chi connectivity index (χ1n) is 9.66. The van der Waals surface area contributed by atoms with E-state index in [0.717, 1.165) is 18.4 Å². The number of piperidine rings is 1. The quantitative estimate of drug-likeness (QED) is 0.561. The maximum Gasteiger partial charge on any atom is 0.314 e. The molecule has 3 aromatic rings. The number of rotatable bonds is 3. The number of nitrogens with zero attached hydrogens (tertiary/aromatic N) is 4. The van der Waals surface area contributed by atoms with Crippen molar-refractivity contribution in [1.82, 2.24) is 25.1 Å². The number of hydrogen-bond donors (Lipinski definition) is 3. The number of nitrogens with two attached hydrogens (primary N) is 1. The molecule has 1 fully saturated rings. The van der Waals surface area contributed by atoms with E-state index in [-0.39, 0.29) is 12.0 Å². The molecule has 0 saturated carbocycles. The summed E-state index contributed by atoms with van der Waals surface area (Å²) >= 11 is 0. The monoisotopic (exact) mass is 409 g/mol. The Hall–Kier alpha value is -3.69. The van der Waals surface area contributed by atoms with Gasteiger partial charge >= 0.3 is 11.8 Å². The second kappa shape index (κ2) is 7.97. The van der Waals surface area contributed by atoms with E-state index in [2.05, 4.69) is 32.4 Å². The standard InChI is InChI=1S/C20H23N7O3/c1-11-3-4-16(12-5-13(30-2)7-22-6-12)27(10-11)20(29)19(28)25-15-9-23-18(21)14-8-24-26-17(14)15/h5-9,11,16H,3-4,10H2,1-2H3,(H2,21,23)(H,24,26)(H,25,28)/t11-,16+/m0/s1. The van der Waals surface area contributed by atoms with Crippen molar-refractivity contribution in [3.8, 4) is 5.75 Å². The van der Waals surface area contributed by atoms with E-state index in [4.69, 9.17) is 10.5 Å². The number of nitrogens with one attached hydrogen (secondary N) is 2. The van der Waals surface area contributed by atoms with Gasteiger partial charge < -0.3 is 20.7 Å². The van der Waals surface area contributed by atoms with E-state index in [1.54, 1.807) is 24.4 Å². The summed E-state index contributed by atoms with van der Waals surface area (Å²) < 4.78 is 5.26. The molecular formula is C20H23N7O3. The highest BCUT2D eigenvalue weighted by Crippen LogP contribution is 2.34. The zero-order chi connectivity index (χ0) is 21.3. The first kappa shape index (κ1) is 19.6. The van der Waals surface area contributed by atoms with Crippen molar-refractivity contribution in [2.75, 3.05) is 24.7 Å². The average molecular weight is 409 g/mol. The number of H-pyrrole nitrogens is 1. The van der Waals surface area contributed by atoms with Crippen LogP contribution in [0.1, 0.15) is 31.4 Å². The van der Waals surface area contributed by atoms with Crippen LogP contribution in [0.25, 0.3) is 10.9 Å². The molecule has 0 radical (unpaired) electrons. The van der Waals surface area contributed by atoms with Crippen LogP contribution in [0.4, 0.5) is 11.5 Å². The van der Waals surface area contributed by atoms with Crippen LogP contribution in [0.5, 0.6) is 5.75 Å². The smallest absolute Gasteiger partial charge is 0.314 e. The first-order valence-corrected chi connectivity index (χ1v) is 9.66. The molecule has 10 heteroatoms. The van der Waals surface area contributed by atoms with Crippen molar-refractivity contribution in [2.45, 2.75) is 25.8 Å². The second-order valence-electron chi connectivity index (χ2n) is 7.48. The Morgan fingerprint density at radius 2 is 2.10 bits per heavy atom. The summed E-state index contributed by atoms with van der Waals surface area (Å²) in [5.41, 5.74) is 7.53. The van der Waals surface area contributed by atoms with Crippen LogP contribution >= 0.6 is 0 Å².